The highest BCUT2D eigenvalue weighted by molar-refractivity contribution is 6.46. The van der Waals surface area contributed by atoms with Crippen LogP contribution in [0.25, 0.3) is 0 Å². The van der Waals surface area contributed by atoms with Crippen molar-refractivity contribution in [3.8, 4) is 0 Å². The lowest BCUT2D eigenvalue weighted by atomic mass is 9.31. The van der Waals surface area contributed by atoms with Crippen molar-refractivity contribution in [3.05, 3.63) is 0 Å². The molecule has 1 aliphatic heterocycles. The summed E-state index contributed by atoms with van der Waals surface area (Å²) in [6.07, 6.45) is 10.2. The summed E-state index contributed by atoms with van der Waals surface area (Å²) in [6, 6.07) is 0. The van der Waals surface area contributed by atoms with Crippen LogP contribution in [0.15, 0.2) is 0 Å². The monoisotopic (exact) mass is 180 g/mol. The van der Waals surface area contributed by atoms with E-state index in [9.17, 15) is 0 Å². The van der Waals surface area contributed by atoms with Crippen LogP contribution in [0.3, 0.4) is 0 Å². The fourth-order valence-corrected chi connectivity index (χ4v) is 2.69. The molecule has 0 bridgehead atoms. The van der Waals surface area contributed by atoms with E-state index in [1.165, 1.54) is 52.2 Å². The molecule has 1 aliphatic rings. The summed E-state index contributed by atoms with van der Waals surface area (Å²) in [5, 5.41) is 0.732. The number of hydrogen-bond donors (Lipinski definition) is 0. The maximum absolute atomic E-state index is 2.45. The van der Waals surface area contributed by atoms with Crippen molar-refractivity contribution in [1.82, 2.24) is 0 Å². The number of unbranched alkanes of at least 4 members (excludes halogenated alkanes) is 3. The largest absolute Gasteiger partial charge is 0.131 e. The van der Waals surface area contributed by atoms with E-state index >= 15 is 0 Å². The van der Waals surface area contributed by atoms with E-state index in [1.54, 1.807) is 0 Å². The standard InChI is InChI=1S/C12H25B/c1-4-6-7-8-9-11-10-12(3,5-2)13-11/h11,13H,4-10H2,1-3H3. The Kier molecular flexibility index (Phi) is 4.35. The summed E-state index contributed by atoms with van der Waals surface area (Å²) in [5.74, 6) is 1.09. The molecule has 0 nitrogen and oxygen atoms in total. The Labute approximate surface area is 84.7 Å². The molecule has 1 heteroatoms. The van der Waals surface area contributed by atoms with Gasteiger partial charge in [-0.3, -0.25) is 0 Å². The normalized spacial score (nSPS) is 32.4. The molecule has 0 aliphatic carbocycles. The molecule has 0 aromatic carbocycles. The van der Waals surface area contributed by atoms with Crippen LogP contribution in [-0.2, 0) is 0 Å². The van der Waals surface area contributed by atoms with Crippen LogP contribution in [-0.4, -0.2) is 7.28 Å². The lowest BCUT2D eigenvalue weighted by Crippen LogP contribution is -2.33. The van der Waals surface area contributed by atoms with Gasteiger partial charge in [-0.25, -0.2) is 0 Å². The molecule has 0 N–H and O–H groups in total. The fourth-order valence-electron chi connectivity index (χ4n) is 2.69. The van der Waals surface area contributed by atoms with E-state index in [1.807, 2.05) is 0 Å². The molecule has 0 amide bonds. The molecule has 0 aromatic heterocycles. The van der Waals surface area contributed by atoms with Gasteiger partial charge in [-0.15, -0.1) is 0 Å². The predicted molar refractivity (Wildman–Crippen MR) is 62.9 cm³/mol. The average molecular weight is 180 g/mol. The number of rotatable bonds is 6. The molecule has 76 valence electrons. The van der Waals surface area contributed by atoms with E-state index in [4.69, 9.17) is 0 Å². The second-order valence-corrected chi connectivity index (χ2v) is 5.29. The average Bonchev–Trinajstić information content (AvgIpc) is 2.08. The summed E-state index contributed by atoms with van der Waals surface area (Å²) in [5.41, 5.74) is 0. The molecule has 1 heterocycles. The van der Waals surface area contributed by atoms with E-state index < -0.39 is 0 Å². The molecule has 2 atom stereocenters. The fraction of sp³-hybridized carbons (Fsp3) is 1.00. The van der Waals surface area contributed by atoms with E-state index in [0.29, 0.717) is 0 Å². The Morgan fingerprint density at radius 1 is 1.23 bits per heavy atom. The van der Waals surface area contributed by atoms with Gasteiger partial charge in [0.1, 0.15) is 7.28 Å². The van der Waals surface area contributed by atoms with Crippen molar-refractivity contribution in [1.29, 1.82) is 0 Å². The van der Waals surface area contributed by atoms with Crippen molar-refractivity contribution >= 4 is 7.28 Å². The molecule has 0 spiro atoms. The highest BCUT2D eigenvalue weighted by atomic mass is 14.3. The maximum atomic E-state index is 2.45. The minimum Gasteiger partial charge on any atom is -0.0666 e. The lowest BCUT2D eigenvalue weighted by Gasteiger charge is -2.44. The quantitative estimate of drug-likeness (QED) is 0.425. The van der Waals surface area contributed by atoms with Crippen molar-refractivity contribution < 1.29 is 0 Å². The minimum absolute atomic E-state index is 0.732. The lowest BCUT2D eigenvalue weighted by molar-refractivity contribution is 0.418. The zero-order chi connectivity index (χ0) is 9.73. The van der Waals surface area contributed by atoms with Gasteiger partial charge in [0.25, 0.3) is 0 Å². The van der Waals surface area contributed by atoms with Gasteiger partial charge in [0.2, 0.25) is 0 Å². The molecular formula is C12H25B. The molecule has 1 fully saturated rings. The van der Waals surface area contributed by atoms with Crippen LogP contribution >= 0.6 is 0 Å². The molecule has 13 heavy (non-hydrogen) atoms. The topological polar surface area (TPSA) is 0 Å². The zero-order valence-electron chi connectivity index (χ0n) is 9.73. The van der Waals surface area contributed by atoms with Gasteiger partial charge in [0, 0.05) is 0 Å². The Hall–Kier alpha value is 0.0649. The second-order valence-electron chi connectivity index (χ2n) is 5.29. The third-order valence-electron chi connectivity index (χ3n) is 3.88. The van der Waals surface area contributed by atoms with Crippen molar-refractivity contribution in [3.63, 3.8) is 0 Å². The van der Waals surface area contributed by atoms with Crippen LogP contribution in [0.5, 0.6) is 0 Å². The third kappa shape index (κ3) is 3.36. The summed E-state index contributed by atoms with van der Waals surface area (Å²) < 4.78 is 0. The van der Waals surface area contributed by atoms with Gasteiger partial charge in [0.15, 0.2) is 0 Å². The Morgan fingerprint density at radius 2 is 1.92 bits per heavy atom. The molecule has 1 saturated heterocycles. The van der Waals surface area contributed by atoms with Crippen molar-refractivity contribution in [2.24, 2.45) is 0 Å². The van der Waals surface area contributed by atoms with Crippen LogP contribution in [0, 0.1) is 0 Å². The molecular weight excluding hydrogens is 155 g/mol. The zero-order valence-corrected chi connectivity index (χ0v) is 9.73. The molecule has 0 aromatic rings. The second kappa shape index (κ2) is 5.07. The highest BCUT2D eigenvalue weighted by Gasteiger charge is 2.39. The van der Waals surface area contributed by atoms with Crippen molar-refractivity contribution in [2.75, 3.05) is 0 Å². The molecule has 2 unspecified atom stereocenters. The van der Waals surface area contributed by atoms with Gasteiger partial charge in [-0.2, -0.15) is 0 Å². The van der Waals surface area contributed by atoms with Gasteiger partial charge in [-0.1, -0.05) is 76.8 Å². The summed E-state index contributed by atoms with van der Waals surface area (Å²) in [7, 11) is 1.51. The van der Waals surface area contributed by atoms with E-state index in [0.717, 1.165) is 11.1 Å². The first-order chi connectivity index (χ1) is 6.20. The molecule has 1 rings (SSSR count). The van der Waals surface area contributed by atoms with Gasteiger partial charge in [0.05, 0.1) is 0 Å². The summed E-state index contributed by atoms with van der Waals surface area (Å²) in [4.78, 5) is 0. The smallest absolute Gasteiger partial charge is 0.0666 e. The summed E-state index contributed by atoms with van der Waals surface area (Å²) >= 11 is 0. The third-order valence-corrected chi connectivity index (χ3v) is 3.88. The van der Waals surface area contributed by atoms with Crippen LogP contribution in [0.1, 0.15) is 65.7 Å². The Morgan fingerprint density at radius 3 is 2.46 bits per heavy atom. The minimum atomic E-state index is 0.732. The molecule has 0 saturated carbocycles. The Bertz CT molecular complexity index is 136. The summed E-state index contributed by atoms with van der Waals surface area (Å²) in [6.45, 7) is 7.08. The van der Waals surface area contributed by atoms with Gasteiger partial charge < -0.3 is 0 Å². The first-order valence-corrected chi connectivity index (χ1v) is 6.20. The first-order valence-electron chi connectivity index (χ1n) is 6.20. The number of hydrogen-bond acceptors (Lipinski definition) is 0. The first kappa shape index (κ1) is 11.1. The van der Waals surface area contributed by atoms with Crippen LogP contribution < -0.4 is 0 Å². The Balaban J connectivity index is 1.96. The van der Waals surface area contributed by atoms with Gasteiger partial charge in [-0.05, 0) is 0 Å². The van der Waals surface area contributed by atoms with E-state index in [-0.39, 0.29) is 0 Å². The SMILES string of the molecule is CCCCCCC1BC(C)(CC)C1. The highest BCUT2D eigenvalue weighted by Crippen LogP contribution is 2.52. The predicted octanol–water partition coefficient (Wildman–Crippen LogP) is 4.17. The van der Waals surface area contributed by atoms with Gasteiger partial charge >= 0.3 is 0 Å². The maximum Gasteiger partial charge on any atom is 0.131 e. The van der Waals surface area contributed by atoms with Crippen molar-refractivity contribution in [2.45, 2.75) is 76.8 Å². The van der Waals surface area contributed by atoms with Crippen LogP contribution in [0.4, 0.5) is 0 Å². The van der Waals surface area contributed by atoms with Crippen LogP contribution in [0.2, 0.25) is 11.1 Å². The van der Waals surface area contributed by atoms with E-state index in [2.05, 4.69) is 20.8 Å². The molecule has 0 radical (unpaired) electrons.